The molecule has 0 fully saturated rings. The lowest BCUT2D eigenvalue weighted by atomic mass is 10.0. The fourth-order valence-electron chi connectivity index (χ4n) is 6.75. The van der Waals surface area contributed by atoms with Crippen LogP contribution in [0, 0.1) is 0 Å². The number of rotatable bonds is 40. The lowest BCUT2D eigenvalue weighted by Gasteiger charge is -2.24. The van der Waals surface area contributed by atoms with Crippen LogP contribution in [0.3, 0.4) is 0 Å². The summed E-state index contributed by atoms with van der Waals surface area (Å²) in [5, 5.41) is 23.6. The van der Waals surface area contributed by atoms with Gasteiger partial charge in [0, 0.05) is 6.42 Å². The molecular weight excluding hydrogens is 683 g/mol. The molecule has 0 aromatic carbocycles. The summed E-state index contributed by atoms with van der Waals surface area (Å²) >= 11 is 0. The van der Waals surface area contributed by atoms with Crippen LogP contribution in [-0.4, -0.2) is 46.9 Å². The SMILES string of the molecule is CC/C=C/C=C/C=C\C=C/C=C/CCCC(=O)OC(CCCCCCCCCCCCCC)CC(=O)NC(CO)C(O)CCCCCCCCCCCCC. The minimum atomic E-state index is -0.798. The highest BCUT2D eigenvalue weighted by molar-refractivity contribution is 5.77. The molecule has 0 aromatic rings. The van der Waals surface area contributed by atoms with E-state index in [1.165, 1.54) is 109 Å². The van der Waals surface area contributed by atoms with Gasteiger partial charge in [-0.3, -0.25) is 9.59 Å². The third kappa shape index (κ3) is 38.2. The summed E-state index contributed by atoms with van der Waals surface area (Å²) in [7, 11) is 0. The van der Waals surface area contributed by atoms with Crippen LogP contribution >= 0.6 is 0 Å². The molecule has 6 nitrogen and oxygen atoms in total. The van der Waals surface area contributed by atoms with E-state index >= 15 is 0 Å². The number of esters is 1. The largest absolute Gasteiger partial charge is 0.462 e. The molecule has 0 heterocycles. The number of unbranched alkanes of at least 4 members (excludes halogenated alkanes) is 22. The van der Waals surface area contributed by atoms with Crippen molar-refractivity contribution >= 4 is 11.9 Å². The molecule has 3 atom stereocenters. The quantitative estimate of drug-likeness (QED) is 0.0328. The van der Waals surface area contributed by atoms with E-state index in [4.69, 9.17) is 4.74 Å². The lowest BCUT2D eigenvalue weighted by molar-refractivity contribution is -0.151. The van der Waals surface area contributed by atoms with Crippen LogP contribution in [0.2, 0.25) is 0 Å². The highest BCUT2D eigenvalue weighted by atomic mass is 16.5. The number of aliphatic hydroxyl groups is 2. The molecule has 0 spiro atoms. The Labute approximate surface area is 339 Å². The van der Waals surface area contributed by atoms with Crippen LogP contribution in [0.4, 0.5) is 0 Å². The third-order valence-corrected chi connectivity index (χ3v) is 10.2. The molecule has 3 unspecified atom stereocenters. The van der Waals surface area contributed by atoms with Crippen molar-refractivity contribution in [2.24, 2.45) is 0 Å². The molecule has 0 aliphatic heterocycles. The van der Waals surface area contributed by atoms with Crippen molar-refractivity contribution in [1.82, 2.24) is 5.32 Å². The molecule has 0 rings (SSSR count). The average molecular weight is 770 g/mol. The van der Waals surface area contributed by atoms with E-state index in [0.29, 0.717) is 25.7 Å². The topological polar surface area (TPSA) is 95.9 Å². The first kappa shape index (κ1) is 52.6. The van der Waals surface area contributed by atoms with E-state index in [0.717, 1.165) is 51.4 Å². The second-order valence-corrected chi connectivity index (χ2v) is 15.6. The van der Waals surface area contributed by atoms with E-state index < -0.39 is 18.2 Å². The van der Waals surface area contributed by atoms with Crippen molar-refractivity contribution < 1.29 is 24.5 Å². The average Bonchev–Trinajstić information content (AvgIpc) is 3.18. The van der Waals surface area contributed by atoms with Crippen LogP contribution in [0.25, 0.3) is 0 Å². The number of carbonyl (C=O) groups is 2. The van der Waals surface area contributed by atoms with Crippen LogP contribution in [0.15, 0.2) is 60.8 Å². The number of carbonyl (C=O) groups excluding carboxylic acids is 2. The lowest BCUT2D eigenvalue weighted by Crippen LogP contribution is -2.46. The smallest absolute Gasteiger partial charge is 0.306 e. The molecule has 3 N–H and O–H groups in total. The zero-order chi connectivity index (χ0) is 40.3. The Hall–Kier alpha value is -2.44. The molecule has 318 valence electrons. The minimum absolute atomic E-state index is 0.0493. The van der Waals surface area contributed by atoms with Gasteiger partial charge in [0.25, 0.3) is 0 Å². The molecule has 0 bridgehead atoms. The molecule has 6 heteroatoms. The Morgan fingerprint density at radius 1 is 0.545 bits per heavy atom. The fraction of sp³-hybridized carbons (Fsp3) is 0.755. The van der Waals surface area contributed by atoms with Gasteiger partial charge in [-0.25, -0.2) is 0 Å². The first-order chi connectivity index (χ1) is 27.0. The van der Waals surface area contributed by atoms with Crippen LogP contribution < -0.4 is 5.32 Å². The predicted molar refractivity (Wildman–Crippen MR) is 236 cm³/mol. The van der Waals surface area contributed by atoms with Gasteiger partial charge in [-0.05, 0) is 38.5 Å². The second kappa shape index (κ2) is 42.7. The Balaban J connectivity index is 4.71. The van der Waals surface area contributed by atoms with Crippen LogP contribution in [-0.2, 0) is 14.3 Å². The third-order valence-electron chi connectivity index (χ3n) is 10.2. The van der Waals surface area contributed by atoms with E-state index in [1.807, 2.05) is 54.7 Å². The first-order valence-corrected chi connectivity index (χ1v) is 23.1. The number of amides is 1. The summed E-state index contributed by atoms with van der Waals surface area (Å²) < 4.78 is 5.86. The van der Waals surface area contributed by atoms with E-state index in [1.54, 1.807) is 0 Å². The van der Waals surface area contributed by atoms with Crippen molar-refractivity contribution in [2.75, 3.05) is 6.61 Å². The second-order valence-electron chi connectivity index (χ2n) is 15.6. The van der Waals surface area contributed by atoms with Crippen LogP contribution in [0.1, 0.15) is 213 Å². The van der Waals surface area contributed by atoms with Gasteiger partial charge in [0.05, 0.1) is 25.2 Å². The summed E-state index contributed by atoms with van der Waals surface area (Å²) in [6.07, 6.45) is 51.4. The highest BCUT2D eigenvalue weighted by Gasteiger charge is 2.24. The normalized spacial score (nSPS) is 13.9. The zero-order valence-corrected chi connectivity index (χ0v) is 36.0. The van der Waals surface area contributed by atoms with Crippen molar-refractivity contribution in [3.05, 3.63) is 60.8 Å². The number of ether oxygens (including phenoxy) is 1. The molecule has 0 aliphatic rings. The van der Waals surface area contributed by atoms with Gasteiger partial charge in [0.15, 0.2) is 0 Å². The minimum Gasteiger partial charge on any atom is -0.462 e. The summed E-state index contributed by atoms with van der Waals surface area (Å²) in [6, 6.07) is -0.714. The van der Waals surface area contributed by atoms with Gasteiger partial charge in [-0.1, -0.05) is 223 Å². The van der Waals surface area contributed by atoms with Crippen molar-refractivity contribution in [2.45, 2.75) is 232 Å². The van der Waals surface area contributed by atoms with E-state index in [-0.39, 0.29) is 24.9 Å². The van der Waals surface area contributed by atoms with Crippen molar-refractivity contribution in [1.29, 1.82) is 0 Å². The summed E-state index contributed by atoms with van der Waals surface area (Å²) in [4.78, 5) is 26.0. The molecule has 1 amide bonds. The van der Waals surface area contributed by atoms with Gasteiger partial charge in [-0.15, -0.1) is 0 Å². The monoisotopic (exact) mass is 770 g/mol. The van der Waals surface area contributed by atoms with E-state index in [2.05, 4.69) is 32.2 Å². The first-order valence-electron chi connectivity index (χ1n) is 23.1. The number of nitrogens with one attached hydrogen (secondary N) is 1. The Kier molecular flexibility index (Phi) is 40.8. The van der Waals surface area contributed by atoms with Gasteiger partial charge >= 0.3 is 5.97 Å². The fourth-order valence-corrected chi connectivity index (χ4v) is 6.75. The standard InChI is InChI=1S/C49H87NO5/c1-4-7-10-13-16-19-22-24-27-30-33-36-39-42-49(54)55-45(40-37-34-31-28-26-23-20-17-14-11-8-5-2)43-48(53)50-46(44-51)47(52)41-38-35-32-29-25-21-18-15-12-9-6-3/h7,10,13,16,19,22,24,27,30,33,45-47,51-52H,4-6,8-9,11-12,14-15,17-18,20-21,23,25-26,28-29,31-32,34-44H2,1-3H3,(H,50,53)/b10-7+,16-13+,22-19-,27-24-,33-30+. The highest BCUT2D eigenvalue weighted by Crippen LogP contribution is 2.17. The maximum absolute atomic E-state index is 13.1. The maximum atomic E-state index is 13.1. The van der Waals surface area contributed by atoms with Gasteiger partial charge in [0.1, 0.15) is 6.10 Å². The Bertz CT molecular complexity index is 999. The molecule has 55 heavy (non-hydrogen) atoms. The number of hydrogen-bond acceptors (Lipinski definition) is 5. The van der Waals surface area contributed by atoms with Crippen molar-refractivity contribution in [3.63, 3.8) is 0 Å². The Morgan fingerprint density at radius 2 is 0.964 bits per heavy atom. The maximum Gasteiger partial charge on any atom is 0.306 e. The predicted octanol–water partition coefficient (Wildman–Crippen LogP) is 13.3. The van der Waals surface area contributed by atoms with E-state index in [9.17, 15) is 19.8 Å². The summed E-state index contributed by atoms with van der Waals surface area (Å²) in [5.74, 6) is -0.562. The summed E-state index contributed by atoms with van der Waals surface area (Å²) in [6.45, 7) is 6.30. The molecule has 0 saturated carbocycles. The zero-order valence-electron chi connectivity index (χ0n) is 36.0. The van der Waals surface area contributed by atoms with Crippen LogP contribution in [0.5, 0.6) is 0 Å². The van der Waals surface area contributed by atoms with Crippen molar-refractivity contribution in [3.8, 4) is 0 Å². The molecule has 0 aromatic heterocycles. The molecular formula is C49H87NO5. The number of allylic oxidation sites excluding steroid dienone is 10. The van der Waals surface area contributed by atoms with Gasteiger partial charge in [0.2, 0.25) is 5.91 Å². The molecule has 0 aliphatic carbocycles. The van der Waals surface area contributed by atoms with Gasteiger partial charge < -0.3 is 20.3 Å². The summed E-state index contributed by atoms with van der Waals surface area (Å²) in [5.41, 5.74) is 0. The number of aliphatic hydroxyl groups excluding tert-OH is 2. The molecule has 0 radical (unpaired) electrons. The molecule has 0 saturated heterocycles. The number of hydrogen-bond donors (Lipinski definition) is 3. The van der Waals surface area contributed by atoms with Gasteiger partial charge in [-0.2, -0.15) is 0 Å². The Morgan fingerprint density at radius 3 is 1.42 bits per heavy atom.